The van der Waals surface area contributed by atoms with E-state index in [1.54, 1.807) is 0 Å². The minimum Gasteiger partial charge on any atom is -0.376 e. The van der Waals surface area contributed by atoms with Gasteiger partial charge in [-0.25, -0.2) is 0 Å². The third-order valence-corrected chi connectivity index (χ3v) is 4.06. The molecule has 0 aromatic rings. The van der Waals surface area contributed by atoms with Crippen molar-refractivity contribution in [3.05, 3.63) is 0 Å². The van der Waals surface area contributed by atoms with Crippen LogP contribution < -0.4 is 0 Å². The van der Waals surface area contributed by atoms with Gasteiger partial charge < -0.3 is 9.64 Å². The van der Waals surface area contributed by atoms with Gasteiger partial charge in [0.05, 0.1) is 6.10 Å². The van der Waals surface area contributed by atoms with Crippen LogP contribution in [0.1, 0.15) is 46.0 Å². The van der Waals surface area contributed by atoms with E-state index in [1.165, 1.54) is 12.8 Å². The average Bonchev–Trinajstić information content (AvgIpc) is 3.05. The van der Waals surface area contributed by atoms with Crippen LogP contribution in [0.3, 0.4) is 0 Å². The number of hydrogen-bond donors (Lipinski definition) is 0. The molecular weight excluding hydrogens is 214 g/mol. The highest BCUT2D eigenvalue weighted by molar-refractivity contribution is 5.79. The molecule has 1 aliphatic carbocycles. The number of hydrogen-bond acceptors (Lipinski definition) is 2. The van der Waals surface area contributed by atoms with Crippen LogP contribution in [0, 0.1) is 11.8 Å². The fourth-order valence-corrected chi connectivity index (χ4v) is 2.52. The zero-order valence-corrected chi connectivity index (χ0v) is 11.2. The quantitative estimate of drug-likeness (QED) is 0.712. The first-order valence-corrected chi connectivity index (χ1v) is 7.15. The summed E-state index contributed by atoms with van der Waals surface area (Å²) in [6.45, 7) is 6.83. The second-order valence-electron chi connectivity index (χ2n) is 5.49. The molecule has 0 spiro atoms. The van der Waals surface area contributed by atoms with Crippen LogP contribution >= 0.6 is 0 Å². The predicted molar refractivity (Wildman–Crippen MR) is 67.7 cm³/mol. The first-order valence-electron chi connectivity index (χ1n) is 7.15. The normalized spacial score (nSPS) is 24.6. The lowest BCUT2D eigenvalue weighted by molar-refractivity contribution is -0.135. The van der Waals surface area contributed by atoms with Gasteiger partial charge in [-0.2, -0.15) is 0 Å². The third kappa shape index (κ3) is 3.44. The first-order chi connectivity index (χ1) is 8.24. The zero-order chi connectivity index (χ0) is 12.3. The number of amides is 1. The summed E-state index contributed by atoms with van der Waals surface area (Å²) >= 11 is 0. The molecule has 0 aromatic carbocycles. The molecule has 1 saturated carbocycles. The minimum absolute atomic E-state index is 0.220. The van der Waals surface area contributed by atoms with Gasteiger partial charge in [0.2, 0.25) is 5.91 Å². The predicted octanol–water partition coefficient (Wildman–Crippen LogP) is 2.45. The maximum Gasteiger partial charge on any atom is 0.225 e. The summed E-state index contributed by atoms with van der Waals surface area (Å²) in [7, 11) is 0. The molecular formula is C14H25NO2. The molecule has 0 aromatic heterocycles. The number of carbonyl (C=O) groups is 1. The Hall–Kier alpha value is -0.570. The molecule has 3 heteroatoms. The fourth-order valence-electron chi connectivity index (χ4n) is 2.52. The fraction of sp³-hybridized carbons (Fsp3) is 0.929. The standard InChI is InChI=1S/C14H25NO2/c1-3-12(4-2)14(16)15-8-7-13(9-15)17-10-11-5-6-11/h11-13H,3-10H2,1-2H3. The van der Waals surface area contributed by atoms with Gasteiger partial charge in [0.25, 0.3) is 0 Å². The third-order valence-electron chi connectivity index (χ3n) is 4.06. The average molecular weight is 239 g/mol. The molecule has 1 saturated heterocycles. The number of ether oxygens (including phenoxy) is 1. The second-order valence-corrected chi connectivity index (χ2v) is 5.49. The van der Waals surface area contributed by atoms with Crippen molar-refractivity contribution in [1.29, 1.82) is 0 Å². The molecule has 2 aliphatic rings. The molecule has 0 radical (unpaired) electrons. The summed E-state index contributed by atoms with van der Waals surface area (Å²) in [5, 5.41) is 0. The van der Waals surface area contributed by atoms with Gasteiger partial charge in [-0.3, -0.25) is 4.79 Å². The molecule has 1 heterocycles. The van der Waals surface area contributed by atoms with Gasteiger partial charge in [0.1, 0.15) is 0 Å². The van der Waals surface area contributed by atoms with Crippen LogP contribution in [-0.2, 0) is 9.53 Å². The zero-order valence-electron chi connectivity index (χ0n) is 11.2. The molecule has 98 valence electrons. The smallest absolute Gasteiger partial charge is 0.225 e. The molecule has 1 amide bonds. The molecule has 0 bridgehead atoms. The van der Waals surface area contributed by atoms with Crippen molar-refractivity contribution in [1.82, 2.24) is 4.90 Å². The molecule has 2 rings (SSSR count). The molecule has 1 unspecified atom stereocenters. The highest BCUT2D eigenvalue weighted by atomic mass is 16.5. The Bertz CT molecular complexity index is 259. The summed E-state index contributed by atoms with van der Waals surface area (Å²) in [5.74, 6) is 1.38. The van der Waals surface area contributed by atoms with E-state index in [0.29, 0.717) is 12.0 Å². The highest BCUT2D eigenvalue weighted by Gasteiger charge is 2.31. The molecule has 17 heavy (non-hydrogen) atoms. The Kier molecular flexibility index (Phi) is 4.43. The second kappa shape index (κ2) is 5.85. The van der Waals surface area contributed by atoms with E-state index >= 15 is 0 Å². The Morgan fingerprint density at radius 2 is 2.00 bits per heavy atom. The van der Waals surface area contributed by atoms with Crippen molar-refractivity contribution in [2.24, 2.45) is 11.8 Å². The van der Waals surface area contributed by atoms with Crippen molar-refractivity contribution in [2.45, 2.75) is 52.1 Å². The van der Waals surface area contributed by atoms with Crippen molar-refractivity contribution >= 4 is 5.91 Å². The summed E-state index contributed by atoms with van der Waals surface area (Å²) < 4.78 is 5.86. The maximum atomic E-state index is 12.2. The Morgan fingerprint density at radius 1 is 1.29 bits per heavy atom. The van der Waals surface area contributed by atoms with Crippen molar-refractivity contribution < 1.29 is 9.53 Å². The van der Waals surface area contributed by atoms with Crippen LogP contribution in [0.15, 0.2) is 0 Å². The van der Waals surface area contributed by atoms with Crippen molar-refractivity contribution in [3.63, 3.8) is 0 Å². The Morgan fingerprint density at radius 3 is 2.59 bits per heavy atom. The number of likely N-dealkylation sites (tertiary alicyclic amines) is 1. The number of rotatable bonds is 6. The lowest BCUT2D eigenvalue weighted by Gasteiger charge is -2.21. The summed E-state index contributed by atoms with van der Waals surface area (Å²) in [6, 6.07) is 0. The topological polar surface area (TPSA) is 29.5 Å². The lowest BCUT2D eigenvalue weighted by Crippen LogP contribution is -2.35. The lowest BCUT2D eigenvalue weighted by atomic mass is 10.0. The van der Waals surface area contributed by atoms with Crippen molar-refractivity contribution in [2.75, 3.05) is 19.7 Å². The SMILES string of the molecule is CCC(CC)C(=O)N1CCC(OCC2CC2)C1. The van der Waals surface area contributed by atoms with Crippen LogP contribution in [0.2, 0.25) is 0 Å². The van der Waals surface area contributed by atoms with E-state index < -0.39 is 0 Å². The van der Waals surface area contributed by atoms with Gasteiger partial charge in [-0.15, -0.1) is 0 Å². The number of nitrogens with zero attached hydrogens (tertiary/aromatic N) is 1. The van der Waals surface area contributed by atoms with Crippen LogP contribution in [-0.4, -0.2) is 36.6 Å². The monoisotopic (exact) mass is 239 g/mol. The molecule has 1 atom stereocenters. The van der Waals surface area contributed by atoms with E-state index in [2.05, 4.69) is 13.8 Å². The van der Waals surface area contributed by atoms with Gasteiger partial charge in [-0.05, 0) is 38.0 Å². The number of carbonyl (C=O) groups excluding carboxylic acids is 1. The van der Waals surface area contributed by atoms with E-state index in [0.717, 1.165) is 44.9 Å². The van der Waals surface area contributed by atoms with E-state index in [9.17, 15) is 4.79 Å². The van der Waals surface area contributed by atoms with Gasteiger partial charge in [-0.1, -0.05) is 13.8 Å². The first kappa shape index (κ1) is 12.9. The summed E-state index contributed by atoms with van der Waals surface area (Å²) in [6.07, 6.45) is 5.91. The minimum atomic E-state index is 0.220. The van der Waals surface area contributed by atoms with E-state index in [4.69, 9.17) is 4.74 Å². The largest absolute Gasteiger partial charge is 0.376 e. The molecule has 3 nitrogen and oxygen atoms in total. The van der Waals surface area contributed by atoms with Crippen LogP contribution in [0.4, 0.5) is 0 Å². The summed E-state index contributed by atoms with van der Waals surface area (Å²) in [4.78, 5) is 14.2. The highest BCUT2D eigenvalue weighted by Crippen LogP contribution is 2.30. The maximum absolute atomic E-state index is 12.2. The Labute approximate surface area is 105 Å². The van der Waals surface area contributed by atoms with Crippen LogP contribution in [0.5, 0.6) is 0 Å². The molecule has 0 N–H and O–H groups in total. The van der Waals surface area contributed by atoms with E-state index in [1.807, 2.05) is 4.90 Å². The van der Waals surface area contributed by atoms with Gasteiger partial charge in [0, 0.05) is 25.6 Å². The summed E-state index contributed by atoms with van der Waals surface area (Å²) in [5.41, 5.74) is 0. The van der Waals surface area contributed by atoms with Crippen LogP contribution in [0.25, 0.3) is 0 Å². The van der Waals surface area contributed by atoms with E-state index in [-0.39, 0.29) is 5.92 Å². The molecule has 1 aliphatic heterocycles. The molecule has 2 fully saturated rings. The van der Waals surface area contributed by atoms with Gasteiger partial charge in [0.15, 0.2) is 0 Å². The Balaban J connectivity index is 1.73. The van der Waals surface area contributed by atoms with Gasteiger partial charge >= 0.3 is 0 Å². The van der Waals surface area contributed by atoms with Crippen molar-refractivity contribution in [3.8, 4) is 0 Å².